The van der Waals surface area contributed by atoms with Crippen LogP contribution in [0.3, 0.4) is 0 Å². The molecule has 2 aromatic heterocycles. The number of nitrogens with zero attached hydrogens (tertiary/aromatic N) is 2. The third-order valence-corrected chi connectivity index (χ3v) is 5.62. The second kappa shape index (κ2) is 8.00. The number of H-pyrrole nitrogens is 1. The lowest BCUT2D eigenvalue weighted by atomic mass is 10.0. The highest BCUT2D eigenvalue weighted by Gasteiger charge is 2.20. The maximum absolute atomic E-state index is 13.2. The number of Topliss-reactive ketones (excluding diaryl/α,β-unsaturated/α-hetero) is 1. The van der Waals surface area contributed by atoms with E-state index in [1.54, 1.807) is 0 Å². The van der Waals surface area contributed by atoms with Gasteiger partial charge in [0.1, 0.15) is 0 Å². The lowest BCUT2D eigenvalue weighted by molar-refractivity contribution is 0.102. The van der Waals surface area contributed by atoms with Gasteiger partial charge in [-0.25, -0.2) is 0 Å². The van der Waals surface area contributed by atoms with Crippen molar-refractivity contribution in [3.05, 3.63) is 90.5 Å². The van der Waals surface area contributed by atoms with Gasteiger partial charge in [0.15, 0.2) is 5.78 Å². The average Bonchev–Trinajstić information content (AvgIpc) is 3.44. The Labute approximate surface area is 177 Å². The fraction of sp³-hybridized carbons (Fsp3) is 0.0417. The minimum atomic E-state index is 0.00997. The second-order valence-electron chi connectivity index (χ2n) is 6.74. The molecule has 6 heteroatoms. The van der Waals surface area contributed by atoms with E-state index in [0.717, 1.165) is 27.7 Å². The van der Waals surface area contributed by atoms with Crippen LogP contribution in [-0.4, -0.2) is 26.7 Å². The van der Waals surface area contributed by atoms with Crippen LogP contribution in [0.15, 0.2) is 94.6 Å². The molecule has 30 heavy (non-hydrogen) atoms. The summed E-state index contributed by atoms with van der Waals surface area (Å²) in [5, 5.41) is 9.45. The number of thioether (sulfide) groups is 1. The number of hydrogen-bond acceptors (Lipinski definition) is 5. The van der Waals surface area contributed by atoms with E-state index in [0.29, 0.717) is 16.7 Å². The summed E-state index contributed by atoms with van der Waals surface area (Å²) < 4.78 is 5.72. The molecule has 0 aliphatic carbocycles. The number of fused-ring (bicyclic) bond motifs is 1. The summed E-state index contributed by atoms with van der Waals surface area (Å²) in [7, 11) is 0. The van der Waals surface area contributed by atoms with E-state index in [1.165, 1.54) is 11.8 Å². The Balaban J connectivity index is 1.42. The molecule has 0 aliphatic heterocycles. The lowest BCUT2D eigenvalue weighted by Crippen LogP contribution is -2.03. The van der Waals surface area contributed by atoms with Crippen molar-refractivity contribution in [1.29, 1.82) is 0 Å². The van der Waals surface area contributed by atoms with Gasteiger partial charge in [0.25, 0.3) is 5.22 Å². The van der Waals surface area contributed by atoms with E-state index in [2.05, 4.69) is 15.2 Å². The van der Waals surface area contributed by atoms with Gasteiger partial charge < -0.3 is 9.40 Å². The summed E-state index contributed by atoms with van der Waals surface area (Å²) in [6.07, 6.45) is 0. The molecule has 146 valence electrons. The Morgan fingerprint density at radius 1 is 0.833 bits per heavy atom. The molecule has 0 unspecified atom stereocenters. The smallest absolute Gasteiger partial charge is 0.277 e. The molecule has 0 saturated carbocycles. The van der Waals surface area contributed by atoms with Gasteiger partial charge in [0.05, 0.1) is 17.0 Å². The Kier molecular flexibility index (Phi) is 4.91. The maximum atomic E-state index is 13.2. The van der Waals surface area contributed by atoms with E-state index >= 15 is 0 Å². The van der Waals surface area contributed by atoms with Gasteiger partial charge in [-0.15, -0.1) is 10.2 Å². The molecule has 0 amide bonds. The Morgan fingerprint density at radius 2 is 1.50 bits per heavy atom. The van der Waals surface area contributed by atoms with Gasteiger partial charge in [0.2, 0.25) is 5.89 Å². The van der Waals surface area contributed by atoms with Crippen molar-refractivity contribution in [2.24, 2.45) is 0 Å². The summed E-state index contributed by atoms with van der Waals surface area (Å²) >= 11 is 1.25. The number of aromatic amines is 1. The lowest BCUT2D eigenvalue weighted by Gasteiger charge is -2.04. The molecule has 0 spiro atoms. The van der Waals surface area contributed by atoms with Crippen molar-refractivity contribution < 1.29 is 9.21 Å². The Morgan fingerprint density at radius 3 is 2.27 bits per heavy atom. The van der Waals surface area contributed by atoms with E-state index in [9.17, 15) is 4.79 Å². The van der Waals surface area contributed by atoms with Gasteiger partial charge in [-0.1, -0.05) is 78.5 Å². The number of benzene rings is 3. The monoisotopic (exact) mass is 411 g/mol. The van der Waals surface area contributed by atoms with Crippen LogP contribution in [-0.2, 0) is 0 Å². The summed E-state index contributed by atoms with van der Waals surface area (Å²) in [6, 6.07) is 27.3. The number of para-hydroxylation sites is 1. The van der Waals surface area contributed by atoms with Crippen LogP contribution < -0.4 is 0 Å². The van der Waals surface area contributed by atoms with Crippen LogP contribution in [0.4, 0.5) is 0 Å². The Bertz CT molecular complexity index is 1310. The van der Waals surface area contributed by atoms with Crippen molar-refractivity contribution in [1.82, 2.24) is 15.2 Å². The van der Waals surface area contributed by atoms with Crippen LogP contribution in [0.25, 0.3) is 33.6 Å². The zero-order chi connectivity index (χ0) is 20.3. The number of carbonyl (C=O) groups is 1. The standard InChI is InChI=1S/C24H17N3O2S/c28-20(15-30-24-27-26-23(29-24)17-11-5-2-6-12-17)21-18-13-7-8-14-19(18)25-22(21)16-9-3-1-4-10-16/h1-14,25H,15H2. The normalized spacial score (nSPS) is 11.1. The molecule has 1 N–H and O–H groups in total. The third-order valence-electron chi connectivity index (χ3n) is 4.80. The van der Waals surface area contributed by atoms with Crippen molar-refractivity contribution in [2.75, 3.05) is 5.75 Å². The summed E-state index contributed by atoms with van der Waals surface area (Å²) in [6.45, 7) is 0. The highest BCUT2D eigenvalue weighted by molar-refractivity contribution is 7.99. The number of rotatable bonds is 6. The predicted molar refractivity (Wildman–Crippen MR) is 119 cm³/mol. The van der Waals surface area contributed by atoms with Crippen LogP contribution in [0, 0.1) is 0 Å². The quantitative estimate of drug-likeness (QED) is 0.280. The number of carbonyl (C=O) groups excluding carboxylic acids is 1. The second-order valence-corrected chi connectivity index (χ2v) is 7.66. The molecular formula is C24H17N3O2S. The summed E-state index contributed by atoms with van der Waals surface area (Å²) in [5.41, 5.74) is 4.29. The highest BCUT2D eigenvalue weighted by atomic mass is 32.2. The highest BCUT2D eigenvalue weighted by Crippen LogP contribution is 2.32. The average molecular weight is 411 g/mol. The van der Waals surface area contributed by atoms with Gasteiger partial charge in [-0.2, -0.15) is 0 Å². The minimum absolute atomic E-state index is 0.00997. The summed E-state index contributed by atoms with van der Waals surface area (Å²) in [4.78, 5) is 16.6. The van der Waals surface area contributed by atoms with Gasteiger partial charge in [-0.05, 0) is 23.8 Å². The van der Waals surface area contributed by atoms with Crippen molar-refractivity contribution in [3.63, 3.8) is 0 Å². The first kappa shape index (κ1) is 18.4. The van der Waals surface area contributed by atoms with Crippen molar-refractivity contribution in [2.45, 2.75) is 5.22 Å². The Hall–Kier alpha value is -3.64. The largest absolute Gasteiger partial charge is 0.411 e. The van der Waals surface area contributed by atoms with E-state index in [4.69, 9.17) is 4.42 Å². The maximum Gasteiger partial charge on any atom is 0.277 e. The number of ketones is 1. The van der Waals surface area contributed by atoms with Gasteiger partial charge in [-0.3, -0.25) is 4.79 Å². The fourth-order valence-corrected chi connectivity index (χ4v) is 4.05. The molecule has 0 bridgehead atoms. The topological polar surface area (TPSA) is 71.8 Å². The number of nitrogens with one attached hydrogen (secondary N) is 1. The third kappa shape index (κ3) is 3.53. The molecule has 0 fully saturated rings. The van der Waals surface area contributed by atoms with Crippen molar-refractivity contribution >= 4 is 28.4 Å². The van der Waals surface area contributed by atoms with Gasteiger partial charge >= 0.3 is 0 Å². The SMILES string of the molecule is O=C(CSc1nnc(-c2ccccc2)o1)c1c(-c2ccccc2)[nH]c2ccccc12. The van der Waals surface area contributed by atoms with Crippen LogP contribution >= 0.6 is 11.8 Å². The van der Waals surface area contributed by atoms with Crippen LogP contribution in [0.1, 0.15) is 10.4 Å². The zero-order valence-corrected chi connectivity index (χ0v) is 16.7. The molecule has 5 nitrogen and oxygen atoms in total. The predicted octanol–water partition coefficient (Wildman–Crippen LogP) is 5.86. The molecule has 2 heterocycles. The number of hydrogen-bond donors (Lipinski definition) is 1. The molecular weight excluding hydrogens is 394 g/mol. The molecule has 5 aromatic rings. The van der Waals surface area contributed by atoms with E-state index in [1.807, 2.05) is 84.9 Å². The zero-order valence-electron chi connectivity index (χ0n) is 15.9. The molecule has 5 rings (SSSR count). The number of aromatic nitrogens is 3. The van der Waals surface area contributed by atoms with Crippen molar-refractivity contribution in [3.8, 4) is 22.7 Å². The molecule has 0 radical (unpaired) electrons. The first-order valence-electron chi connectivity index (χ1n) is 9.50. The molecule has 0 saturated heterocycles. The molecule has 0 aliphatic rings. The summed E-state index contributed by atoms with van der Waals surface area (Å²) in [5.74, 6) is 0.663. The molecule has 3 aromatic carbocycles. The van der Waals surface area contributed by atoms with E-state index in [-0.39, 0.29) is 11.5 Å². The molecule has 0 atom stereocenters. The first-order chi connectivity index (χ1) is 14.8. The van der Waals surface area contributed by atoms with Crippen LogP contribution in [0.2, 0.25) is 0 Å². The minimum Gasteiger partial charge on any atom is -0.411 e. The fourth-order valence-electron chi connectivity index (χ4n) is 3.42. The van der Waals surface area contributed by atoms with Crippen LogP contribution in [0.5, 0.6) is 0 Å². The van der Waals surface area contributed by atoms with E-state index < -0.39 is 0 Å². The van der Waals surface area contributed by atoms with Gasteiger partial charge in [0, 0.05) is 16.5 Å². The first-order valence-corrected chi connectivity index (χ1v) is 10.5.